The van der Waals surface area contributed by atoms with Crippen molar-refractivity contribution in [3.63, 3.8) is 0 Å². The van der Waals surface area contributed by atoms with E-state index in [1.165, 1.54) is 23.1 Å². The molecule has 0 radical (unpaired) electrons. The third-order valence-electron chi connectivity index (χ3n) is 1.63. The molecule has 3 heterocycles. The SMILES string of the molecule is c1csc(Sc2nnnn2-c2nccs2)n1. The molecule has 0 amide bonds. The first-order valence-electron chi connectivity index (χ1n) is 4.19. The van der Waals surface area contributed by atoms with E-state index in [4.69, 9.17) is 0 Å². The van der Waals surface area contributed by atoms with Gasteiger partial charge in [-0.05, 0) is 22.2 Å². The number of hydrogen-bond acceptors (Lipinski definition) is 8. The van der Waals surface area contributed by atoms with Crippen molar-refractivity contribution in [3.05, 3.63) is 23.2 Å². The Bertz CT molecular complexity index is 557. The fraction of sp³-hybridized carbons (Fsp3) is 0. The minimum Gasteiger partial charge on any atom is -0.238 e. The maximum absolute atomic E-state index is 4.17. The summed E-state index contributed by atoms with van der Waals surface area (Å²) in [6.07, 6.45) is 3.48. The Balaban J connectivity index is 1.94. The van der Waals surface area contributed by atoms with Crippen LogP contribution in [0.1, 0.15) is 0 Å². The Morgan fingerprint density at radius 2 is 2.00 bits per heavy atom. The molecule has 0 unspecified atom stereocenters. The Kier molecular flexibility index (Phi) is 2.64. The van der Waals surface area contributed by atoms with Gasteiger partial charge in [0.05, 0.1) is 0 Å². The average molecular weight is 268 g/mol. The van der Waals surface area contributed by atoms with Crippen molar-refractivity contribution in [3.8, 4) is 5.13 Å². The molecule has 0 aromatic carbocycles. The van der Waals surface area contributed by atoms with Crippen LogP contribution in [0.5, 0.6) is 0 Å². The predicted molar refractivity (Wildman–Crippen MR) is 61.1 cm³/mol. The molecule has 80 valence electrons. The van der Waals surface area contributed by atoms with Crippen LogP contribution in [0, 0.1) is 0 Å². The first-order valence-corrected chi connectivity index (χ1v) is 6.76. The van der Waals surface area contributed by atoms with Gasteiger partial charge in [0.1, 0.15) is 0 Å². The summed E-state index contributed by atoms with van der Waals surface area (Å²) in [4.78, 5) is 8.33. The summed E-state index contributed by atoms with van der Waals surface area (Å²) >= 11 is 4.47. The molecule has 0 saturated heterocycles. The van der Waals surface area contributed by atoms with E-state index in [9.17, 15) is 0 Å². The topological polar surface area (TPSA) is 69.4 Å². The normalized spacial score (nSPS) is 10.8. The van der Waals surface area contributed by atoms with Crippen LogP contribution in [0.2, 0.25) is 0 Å². The largest absolute Gasteiger partial charge is 0.238 e. The monoisotopic (exact) mass is 268 g/mol. The fourth-order valence-electron chi connectivity index (χ4n) is 1.02. The van der Waals surface area contributed by atoms with E-state index in [1.807, 2.05) is 10.8 Å². The van der Waals surface area contributed by atoms with Gasteiger partial charge in [-0.3, -0.25) is 0 Å². The van der Waals surface area contributed by atoms with Crippen molar-refractivity contribution in [2.24, 2.45) is 0 Å². The van der Waals surface area contributed by atoms with E-state index in [-0.39, 0.29) is 0 Å². The zero-order valence-corrected chi connectivity index (χ0v) is 10.2. The zero-order valence-electron chi connectivity index (χ0n) is 7.72. The van der Waals surface area contributed by atoms with Crippen LogP contribution in [0.3, 0.4) is 0 Å². The molecule has 0 atom stereocenters. The van der Waals surface area contributed by atoms with Crippen LogP contribution in [-0.2, 0) is 0 Å². The number of rotatable bonds is 3. The van der Waals surface area contributed by atoms with Gasteiger partial charge in [0.25, 0.3) is 0 Å². The lowest BCUT2D eigenvalue weighted by atomic mass is 11.0. The second kappa shape index (κ2) is 4.28. The quantitative estimate of drug-likeness (QED) is 0.720. The molecule has 3 aromatic heterocycles. The van der Waals surface area contributed by atoms with E-state index in [0.29, 0.717) is 5.16 Å². The van der Waals surface area contributed by atoms with Crippen molar-refractivity contribution in [1.82, 2.24) is 30.2 Å². The standard InChI is InChI=1S/C7H4N6S3/c1-3-14-5(8-1)13-6(10-11-12-13)16-7-9-2-4-15-7/h1-4H. The summed E-state index contributed by atoms with van der Waals surface area (Å²) in [5, 5.41) is 16.7. The smallest absolute Gasteiger partial charge is 0.223 e. The number of aromatic nitrogens is 6. The van der Waals surface area contributed by atoms with Gasteiger partial charge in [-0.25, -0.2) is 9.97 Å². The summed E-state index contributed by atoms with van der Waals surface area (Å²) in [6.45, 7) is 0. The number of tetrazole rings is 1. The predicted octanol–water partition coefficient (Wildman–Crippen LogP) is 1.73. The molecule has 0 bridgehead atoms. The van der Waals surface area contributed by atoms with Crippen LogP contribution in [0.4, 0.5) is 0 Å². The third-order valence-corrected chi connectivity index (χ3v) is 4.20. The minimum absolute atomic E-state index is 0.671. The van der Waals surface area contributed by atoms with E-state index < -0.39 is 0 Å². The fourth-order valence-corrected chi connectivity index (χ4v) is 3.17. The van der Waals surface area contributed by atoms with Crippen molar-refractivity contribution in [2.75, 3.05) is 0 Å². The maximum Gasteiger partial charge on any atom is 0.223 e. The number of thiazole rings is 2. The van der Waals surface area contributed by atoms with Gasteiger partial charge in [0, 0.05) is 23.2 Å². The van der Waals surface area contributed by atoms with Crippen molar-refractivity contribution in [1.29, 1.82) is 0 Å². The van der Waals surface area contributed by atoms with E-state index in [2.05, 4.69) is 25.5 Å². The molecule has 9 heteroatoms. The molecule has 0 spiro atoms. The Morgan fingerprint density at radius 3 is 2.75 bits per heavy atom. The Labute approximate surface area is 102 Å². The van der Waals surface area contributed by atoms with E-state index in [0.717, 1.165) is 9.47 Å². The molecule has 0 aliphatic rings. The highest BCUT2D eigenvalue weighted by Gasteiger charge is 2.12. The zero-order chi connectivity index (χ0) is 10.8. The van der Waals surface area contributed by atoms with Gasteiger partial charge in [-0.1, -0.05) is 0 Å². The van der Waals surface area contributed by atoms with Gasteiger partial charge in [0.15, 0.2) is 4.34 Å². The van der Waals surface area contributed by atoms with E-state index in [1.54, 1.807) is 28.4 Å². The average Bonchev–Trinajstić information content (AvgIpc) is 2.98. The summed E-state index contributed by atoms with van der Waals surface area (Å²) in [7, 11) is 0. The van der Waals surface area contributed by atoms with Crippen LogP contribution < -0.4 is 0 Å². The van der Waals surface area contributed by atoms with Crippen LogP contribution in [0.25, 0.3) is 5.13 Å². The van der Waals surface area contributed by atoms with Crippen molar-refractivity contribution < 1.29 is 0 Å². The van der Waals surface area contributed by atoms with Crippen molar-refractivity contribution in [2.45, 2.75) is 9.50 Å². The van der Waals surface area contributed by atoms with Gasteiger partial charge >= 0.3 is 0 Å². The molecule has 6 nitrogen and oxygen atoms in total. The second-order valence-corrected chi connectivity index (χ2v) is 5.57. The first kappa shape index (κ1) is 9.87. The van der Waals surface area contributed by atoms with Crippen LogP contribution >= 0.6 is 34.4 Å². The highest BCUT2D eigenvalue weighted by atomic mass is 32.2. The third kappa shape index (κ3) is 1.84. The Hall–Kier alpha value is -1.32. The lowest BCUT2D eigenvalue weighted by molar-refractivity contribution is 0.750. The molecule has 3 aromatic rings. The van der Waals surface area contributed by atoms with E-state index >= 15 is 0 Å². The molecular formula is C7H4N6S3. The molecular weight excluding hydrogens is 264 g/mol. The lowest BCUT2D eigenvalue weighted by Gasteiger charge is -1.96. The number of nitrogens with zero attached hydrogens (tertiary/aromatic N) is 6. The molecule has 0 aliphatic carbocycles. The lowest BCUT2D eigenvalue weighted by Crippen LogP contribution is -1.97. The van der Waals surface area contributed by atoms with Crippen LogP contribution in [-0.4, -0.2) is 30.2 Å². The minimum atomic E-state index is 0.671. The van der Waals surface area contributed by atoms with Crippen molar-refractivity contribution >= 4 is 34.4 Å². The maximum atomic E-state index is 4.17. The molecule has 0 aliphatic heterocycles. The highest BCUT2D eigenvalue weighted by Crippen LogP contribution is 2.28. The van der Waals surface area contributed by atoms with Gasteiger partial charge in [-0.15, -0.1) is 27.8 Å². The summed E-state index contributed by atoms with van der Waals surface area (Å²) in [5.74, 6) is 0. The number of hydrogen-bond donors (Lipinski definition) is 0. The van der Waals surface area contributed by atoms with Gasteiger partial charge < -0.3 is 0 Å². The van der Waals surface area contributed by atoms with Crippen LogP contribution in [0.15, 0.2) is 32.6 Å². The second-order valence-electron chi connectivity index (χ2n) is 2.59. The summed E-state index contributed by atoms with van der Waals surface area (Å²) < 4.78 is 2.52. The molecule has 0 saturated carbocycles. The van der Waals surface area contributed by atoms with Gasteiger partial charge in [-0.2, -0.15) is 4.68 Å². The molecule has 16 heavy (non-hydrogen) atoms. The summed E-state index contributed by atoms with van der Waals surface area (Å²) in [5.41, 5.74) is 0. The summed E-state index contributed by atoms with van der Waals surface area (Å²) in [6, 6.07) is 0. The highest BCUT2D eigenvalue weighted by molar-refractivity contribution is 8.00. The first-order chi connectivity index (χ1) is 7.93. The molecule has 0 N–H and O–H groups in total. The Morgan fingerprint density at radius 1 is 1.12 bits per heavy atom. The molecule has 0 fully saturated rings. The van der Waals surface area contributed by atoms with Gasteiger partial charge in [0.2, 0.25) is 10.3 Å². The molecule has 3 rings (SSSR count).